The van der Waals surface area contributed by atoms with Crippen LogP contribution in [0.1, 0.15) is 6.92 Å². The molecule has 0 aromatic carbocycles. The molecule has 0 aliphatic carbocycles. The summed E-state index contributed by atoms with van der Waals surface area (Å²) in [6.45, 7) is 5.36. The van der Waals surface area contributed by atoms with Crippen molar-refractivity contribution in [1.29, 1.82) is 0 Å². The Morgan fingerprint density at radius 2 is 2.08 bits per heavy atom. The normalized spacial score (nSPS) is 28.7. The highest BCUT2D eigenvalue weighted by Crippen LogP contribution is 2.50. The fourth-order valence-electron chi connectivity index (χ4n) is 3.35. The number of nitrogens with zero attached hydrogens (tertiary/aromatic N) is 3. The molecule has 0 radical (unpaired) electrons. The van der Waals surface area contributed by atoms with Crippen molar-refractivity contribution in [2.75, 3.05) is 46.0 Å². The number of piperazine rings is 1. The third-order valence-electron chi connectivity index (χ3n) is 5.10. The van der Waals surface area contributed by atoms with Crippen molar-refractivity contribution in [2.45, 2.75) is 18.4 Å². The second-order valence-corrected chi connectivity index (χ2v) is 10.3. The first-order chi connectivity index (χ1) is 12.1. The quantitative estimate of drug-likeness (QED) is 0.364. The minimum atomic E-state index is -1.35. The van der Waals surface area contributed by atoms with Gasteiger partial charge in [-0.3, -0.25) is 9.69 Å². The van der Waals surface area contributed by atoms with E-state index in [9.17, 15) is 19.8 Å². The van der Waals surface area contributed by atoms with E-state index >= 15 is 0 Å². The maximum absolute atomic E-state index is 12.2. The SMILES string of the molecule is C[C@@H](O)[C@H]1C(=O)N2C(C(=O)[O-])=C(CSC(=S)N3CC[N+](C)(C)CC3)S[C@H]12. The highest BCUT2D eigenvalue weighted by atomic mass is 32.2. The van der Waals surface area contributed by atoms with Crippen LogP contribution in [0.4, 0.5) is 0 Å². The largest absolute Gasteiger partial charge is 0.543 e. The number of amides is 1. The van der Waals surface area contributed by atoms with Gasteiger partial charge in [0.05, 0.1) is 64.0 Å². The molecule has 0 aromatic rings. The molecular formula is C16H23N3O4S3. The maximum Gasteiger partial charge on any atom is 0.236 e. The standard InChI is InChI=1S/C16H23N3O4S3/c1-9(20)11-13(21)18-12(15(22)23)10(26-14(11)18)8-25-16(24)17-4-6-19(2,3)7-5-17/h9,11,14,20H,4-8H2,1-3H3/t9-,11+,14-/m1/s1. The lowest BCUT2D eigenvalue weighted by Crippen LogP contribution is -2.61. The minimum Gasteiger partial charge on any atom is -0.543 e. The Morgan fingerprint density at radius 3 is 2.62 bits per heavy atom. The van der Waals surface area contributed by atoms with Gasteiger partial charge in [-0.05, 0) is 6.92 Å². The Labute approximate surface area is 167 Å². The number of quaternary nitrogens is 1. The van der Waals surface area contributed by atoms with E-state index in [1.807, 2.05) is 0 Å². The lowest BCUT2D eigenvalue weighted by atomic mass is 9.92. The number of aliphatic carboxylic acids is 1. The lowest BCUT2D eigenvalue weighted by molar-refractivity contribution is -0.893. The summed E-state index contributed by atoms with van der Waals surface area (Å²) in [6.07, 6.45) is -0.804. The second kappa shape index (κ2) is 7.31. The van der Waals surface area contributed by atoms with E-state index in [0.29, 0.717) is 10.7 Å². The topological polar surface area (TPSA) is 83.9 Å². The summed E-state index contributed by atoms with van der Waals surface area (Å²) < 4.78 is 1.72. The molecule has 0 spiro atoms. The second-order valence-electron chi connectivity index (χ2n) is 7.47. The van der Waals surface area contributed by atoms with E-state index < -0.39 is 18.0 Å². The molecule has 3 heterocycles. The van der Waals surface area contributed by atoms with Crippen LogP contribution in [0, 0.1) is 5.92 Å². The fourth-order valence-corrected chi connectivity index (χ4v) is 6.31. The molecule has 3 aliphatic rings. The predicted molar refractivity (Wildman–Crippen MR) is 104 cm³/mol. The van der Waals surface area contributed by atoms with Gasteiger partial charge in [0.25, 0.3) is 0 Å². The third-order valence-corrected chi connectivity index (χ3v) is 8.20. The number of hydrogen-bond donors (Lipinski definition) is 1. The number of rotatable bonds is 4. The molecule has 7 nitrogen and oxygen atoms in total. The Bertz CT molecular complexity index is 670. The summed E-state index contributed by atoms with van der Waals surface area (Å²) in [4.78, 5) is 27.7. The van der Waals surface area contributed by atoms with Gasteiger partial charge < -0.3 is 24.4 Å². The number of β-lactam (4-membered cyclic amide) rings is 1. The Morgan fingerprint density at radius 1 is 1.46 bits per heavy atom. The van der Waals surface area contributed by atoms with Gasteiger partial charge in [0.2, 0.25) is 5.91 Å². The fraction of sp³-hybridized carbons (Fsp3) is 0.688. The molecule has 3 atom stereocenters. The number of thiocarbonyl (C=S) groups is 1. The number of aliphatic hydroxyl groups is 1. The van der Waals surface area contributed by atoms with Gasteiger partial charge in [-0.15, -0.1) is 11.8 Å². The monoisotopic (exact) mass is 417 g/mol. The first-order valence-corrected chi connectivity index (χ1v) is 10.8. The van der Waals surface area contributed by atoms with E-state index in [-0.39, 0.29) is 17.0 Å². The zero-order valence-electron chi connectivity index (χ0n) is 15.0. The van der Waals surface area contributed by atoms with Crippen LogP contribution in [0.2, 0.25) is 0 Å². The molecule has 3 rings (SSSR count). The van der Waals surface area contributed by atoms with E-state index in [4.69, 9.17) is 12.2 Å². The van der Waals surface area contributed by atoms with E-state index in [0.717, 1.165) is 35.0 Å². The van der Waals surface area contributed by atoms with Crippen molar-refractivity contribution >= 4 is 51.9 Å². The van der Waals surface area contributed by atoms with E-state index in [2.05, 4.69) is 19.0 Å². The molecular weight excluding hydrogens is 394 g/mol. The third kappa shape index (κ3) is 3.62. The van der Waals surface area contributed by atoms with Gasteiger partial charge in [0.1, 0.15) is 9.69 Å². The Kier molecular flexibility index (Phi) is 5.60. The average Bonchev–Trinajstić information content (AvgIpc) is 2.86. The van der Waals surface area contributed by atoms with Gasteiger partial charge >= 0.3 is 0 Å². The smallest absolute Gasteiger partial charge is 0.236 e. The number of thioether (sulfide) groups is 2. The summed E-state index contributed by atoms with van der Waals surface area (Å²) in [7, 11) is 4.39. The number of fused-ring (bicyclic) bond motifs is 1. The highest BCUT2D eigenvalue weighted by Gasteiger charge is 2.56. The molecule has 2 saturated heterocycles. The molecule has 10 heteroatoms. The van der Waals surface area contributed by atoms with Crippen LogP contribution in [0.25, 0.3) is 0 Å². The maximum atomic E-state index is 12.2. The zero-order valence-corrected chi connectivity index (χ0v) is 17.5. The van der Waals surface area contributed by atoms with Crippen molar-refractivity contribution in [3.8, 4) is 0 Å². The minimum absolute atomic E-state index is 0.0614. The first-order valence-electron chi connectivity index (χ1n) is 8.48. The van der Waals surface area contributed by atoms with Gasteiger partial charge in [-0.25, -0.2) is 0 Å². The van der Waals surface area contributed by atoms with Crippen LogP contribution in [-0.2, 0) is 9.59 Å². The number of carbonyl (C=O) groups excluding carboxylic acids is 2. The van der Waals surface area contributed by atoms with Crippen LogP contribution >= 0.6 is 35.7 Å². The van der Waals surface area contributed by atoms with Crippen molar-refractivity contribution in [2.24, 2.45) is 5.92 Å². The summed E-state index contributed by atoms with van der Waals surface area (Å²) in [5.41, 5.74) is -0.0614. The predicted octanol–water partition coefficient (Wildman–Crippen LogP) is -0.730. The van der Waals surface area contributed by atoms with Gasteiger partial charge in [-0.2, -0.15) is 0 Å². The molecule has 1 amide bonds. The molecule has 0 bridgehead atoms. The van der Waals surface area contributed by atoms with Crippen LogP contribution in [-0.4, -0.2) is 93.1 Å². The van der Waals surface area contributed by atoms with Gasteiger partial charge in [-0.1, -0.05) is 24.0 Å². The van der Waals surface area contributed by atoms with Crippen LogP contribution in [0.3, 0.4) is 0 Å². The number of carbonyl (C=O) groups is 2. The molecule has 0 saturated carbocycles. The molecule has 2 fully saturated rings. The van der Waals surface area contributed by atoms with Crippen LogP contribution in [0.15, 0.2) is 10.6 Å². The number of aliphatic hydroxyl groups excluding tert-OH is 1. The van der Waals surface area contributed by atoms with Crippen molar-refractivity contribution in [3.05, 3.63) is 10.6 Å². The summed E-state index contributed by atoms with van der Waals surface area (Å²) in [5, 5.41) is 20.9. The van der Waals surface area contributed by atoms with Crippen molar-refractivity contribution < 1.29 is 24.3 Å². The van der Waals surface area contributed by atoms with E-state index in [1.165, 1.54) is 28.4 Å². The molecule has 0 unspecified atom stereocenters. The lowest BCUT2D eigenvalue weighted by Gasteiger charge is -2.44. The van der Waals surface area contributed by atoms with Crippen LogP contribution < -0.4 is 5.11 Å². The highest BCUT2D eigenvalue weighted by molar-refractivity contribution is 8.23. The molecule has 3 aliphatic heterocycles. The number of carboxylic acid groups (broad SMARTS) is 1. The van der Waals surface area contributed by atoms with Crippen LogP contribution in [0.5, 0.6) is 0 Å². The Hall–Kier alpha value is -0.810. The molecule has 26 heavy (non-hydrogen) atoms. The number of likely N-dealkylation sites (N-methyl/N-ethyl adjacent to an activating group) is 1. The molecule has 0 aromatic heterocycles. The summed E-state index contributed by atoms with van der Waals surface area (Å²) >= 11 is 8.27. The number of hydrogen-bond acceptors (Lipinski definition) is 7. The van der Waals surface area contributed by atoms with E-state index in [1.54, 1.807) is 6.92 Å². The molecule has 144 valence electrons. The van der Waals surface area contributed by atoms with Crippen molar-refractivity contribution in [1.82, 2.24) is 9.80 Å². The average molecular weight is 418 g/mol. The van der Waals surface area contributed by atoms with Crippen molar-refractivity contribution in [3.63, 3.8) is 0 Å². The number of carboxylic acids is 1. The zero-order chi connectivity index (χ0) is 19.2. The summed E-state index contributed by atoms with van der Waals surface area (Å²) in [5.74, 6) is -1.87. The summed E-state index contributed by atoms with van der Waals surface area (Å²) in [6, 6.07) is 0. The Balaban J connectivity index is 1.63. The molecule has 1 N–H and O–H groups in total. The first kappa shape index (κ1) is 19.9. The van der Waals surface area contributed by atoms with Gasteiger partial charge in [0.15, 0.2) is 0 Å². The van der Waals surface area contributed by atoms with Gasteiger partial charge in [0, 0.05) is 10.7 Å².